The number of hydrogen-bond donors (Lipinski definition) is 1. The molecule has 0 radical (unpaired) electrons. The Morgan fingerprint density at radius 3 is 2.56 bits per heavy atom. The first-order valence-electron chi connectivity index (χ1n) is 11.6. The van der Waals surface area contributed by atoms with Crippen LogP contribution in [0.3, 0.4) is 0 Å². The van der Waals surface area contributed by atoms with E-state index in [0.29, 0.717) is 53.0 Å². The fourth-order valence-electron chi connectivity index (χ4n) is 4.40. The maximum atomic E-state index is 14.2. The molecule has 4 rings (SSSR count). The smallest absolute Gasteiger partial charge is 0.276 e. The van der Waals surface area contributed by atoms with E-state index in [1.807, 2.05) is 36.6 Å². The Hall–Kier alpha value is -4.14. The first-order valence-corrected chi connectivity index (χ1v) is 11.6. The second-order valence-corrected chi connectivity index (χ2v) is 8.52. The molecule has 2 heterocycles. The fourth-order valence-corrected chi connectivity index (χ4v) is 4.40. The lowest BCUT2D eigenvalue weighted by Gasteiger charge is -2.11. The van der Waals surface area contributed by atoms with Gasteiger partial charge >= 0.3 is 0 Å². The number of nitrogens with one attached hydrogen (secondary N) is 1. The number of benzene rings is 2. The van der Waals surface area contributed by atoms with Crippen molar-refractivity contribution in [3.8, 4) is 11.5 Å². The third kappa shape index (κ3) is 4.95. The highest BCUT2D eigenvalue weighted by Gasteiger charge is 2.18. The highest BCUT2D eigenvalue weighted by atomic mass is 19.1. The number of rotatable bonds is 9. The first-order chi connectivity index (χ1) is 17.3. The van der Waals surface area contributed by atoms with Crippen molar-refractivity contribution in [2.45, 2.75) is 33.4 Å². The summed E-state index contributed by atoms with van der Waals surface area (Å²) in [6, 6.07) is 12.1. The summed E-state index contributed by atoms with van der Waals surface area (Å²) >= 11 is 0. The monoisotopic (exact) mass is 492 g/mol. The van der Waals surface area contributed by atoms with Crippen LogP contribution >= 0.6 is 0 Å². The zero-order chi connectivity index (χ0) is 25.8. The normalized spacial score (nSPS) is 11.0. The highest BCUT2D eigenvalue weighted by molar-refractivity contribution is 5.87. The molecular formula is C27H29FN4O4. The van der Waals surface area contributed by atoms with Crippen molar-refractivity contribution in [3.05, 3.63) is 87.3 Å². The van der Waals surface area contributed by atoms with Crippen LogP contribution in [0.2, 0.25) is 0 Å². The second kappa shape index (κ2) is 10.6. The molecule has 1 amide bonds. The molecule has 36 heavy (non-hydrogen) atoms. The summed E-state index contributed by atoms with van der Waals surface area (Å²) in [6.45, 7) is 4.15. The topological polar surface area (TPSA) is 87.4 Å². The van der Waals surface area contributed by atoms with E-state index >= 15 is 0 Å². The molecule has 0 saturated carbocycles. The molecule has 2 aromatic carbocycles. The van der Waals surface area contributed by atoms with Crippen molar-refractivity contribution in [1.29, 1.82) is 0 Å². The zero-order valence-corrected chi connectivity index (χ0v) is 20.8. The van der Waals surface area contributed by atoms with E-state index in [4.69, 9.17) is 9.47 Å². The molecule has 9 heteroatoms. The van der Waals surface area contributed by atoms with Crippen molar-refractivity contribution >= 4 is 16.7 Å². The summed E-state index contributed by atoms with van der Waals surface area (Å²) in [5.74, 6) is 0.784. The molecule has 8 nitrogen and oxygen atoms in total. The molecule has 0 fully saturated rings. The average Bonchev–Trinajstić information content (AvgIpc) is 3.11. The minimum Gasteiger partial charge on any atom is -0.497 e. The Bertz CT molecular complexity index is 1470. The van der Waals surface area contributed by atoms with Gasteiger partial charge < -0.3 is 19.4 Å². The molecular weight excluding hydrogens is 463 g/mol. The maximum absolute atomic E-state index is 14.2. The van der Waals surface area contributed by atoms with Gasteiger partial charge in [0.1, 0.15) is 23.9 Å². The van der Waals surface area contributed by atoms with Gasteiger partial charge in [-0.05, 0) is 50.1 Å². The van der Waals surface area contributed by atoms with E-state index in [1.165, 1.54) is 6.07 Å². The number of methoxy groups -OCH3 is 2. The molecule has 0 unspecified atom stereocenters. The van der Waals surface area contributed by atoms with Crippen LogP contribution in [0, 0.1) is 19.7 Å². The molecule has 188 valence electrons. The van der Waals surface area contributed by atoms with Crippen LogP contribution < -0.4 is 20.3 Å². The zero-order valence-electron chi connectivity index (χ0n) is 20.8. The van der Waals surface area contributed by atoms with E-state index in [0.717, 1.165) is 15.9 Å². The number of amides is 1. The minimum absolute atomic E-state index is 0.207. The standard InChI is InChI=1S/C27H29FN4O4/c1-17-22-14-30-32(16-25(33)29-12-11-19-13-21(35-3)9-10-24(19)36-4)27(34)26(22)18(2)31(17)15-20-7-5-6-8-23(20)28/h5-10,13-14H,11-12,15-16H2,1-4H3,(H,29,33). The molecule has 4 aromatic rings. The van der Waals surface area contributed by atoms with Crippen LogP contribution in [0.25, 0.3) is 10.8 Å². The molecule has 0 aliphatic carbocycles. The van der Waals surface area contributed by atoms with Gasteiger partial charge in [-0.3, -0.25) is 9.59 Å². The summed E-state index contributed by atoms with van der Waals surface area (Å²) in [4.78, 5) is 25.8. The molecule has 0 saturated heterocycles. The van der Waals surface area contributed by atoms with E-state index in [9.17, 15) is 14.0 Å². The molecule has 0 spiro atoms. The number of aryl methyl sites for hydroxylation is 2. The van der Waals surface area contributed by atoms with Gasteiger partial charge in [0.05, 0.1) is 32.3 Å². The van der Waals surface area contributed by atoms with Crippen LogP contribution in [0.4, 0.5) is 4.39 Å². The number of halogens is 1. The summed E-state index contributed by atoms with van der Waals surface area (Å²) < 4.78 is 27.9. The predicted octanol–water partition coefficient (Wildman–Crippen LogP) is 3.38. The number of hydrogen-bond acceptors (Lipinski definition) is 5. The Morgan fingerprint density at radius 2 is 1.83 bits per heavy atom. The number of aromatic nitrogens is 3. The van der Waals surface area contributed by atoms with Crippen LogP contribution in [0.15, 0.2) is 53.5 Å². The third-order valence-electron chi connectivity index (χ3n) is 6.39. The molecule has 0 bridgehead atoms. The number of carbonyl (C=O) groups is 1. The predicted molar refractivity (Wildman–Crippen MR) is 135 cm³/mol. The number of nitrogens with zero attached hydrogens (tertiary/aromatic N) is 3. The van der Waals surface area contributed by atoms with Crippen LogP contribution in [0.1, 0.15) is 22.5 Å². The van der Waals surface area contributed by atoms with Gasteiger partial charge in [-0.2, -0.15) is 5.10 Å². The van der Waals surface area contributed by atoms with Gasteiger partial charge in [0.2, 0.25) is 5.91 Å². The van der Waals surface area contributed by atoms with Gasteiger partial charge in [0.15, 0.2) is 0 Å². The Labute approximate surface area is 208 Å². The van der Waals surface area contributed by atoms with Crippen molar-refractivity contribution in [1.82, 2.24) is 19.7 Å². The van der Waals surface area contributed by atoms with Crippen LogP contribution in [-0.4, -0.2) is 41.0 Å². The Kier molecular flexibility index (Phi) is 7.38. The lowest BCUT2D eigenvalue weighted by molar-refractivity contribution is -0.121. The second-order valence-electron chi connectivity index (χ2n) is 8.52. The van der Waals surface area contributed by atoms with E-state index < -0.39 is 0 Å². The first kappa shape index (κ1) is 25.0. The largest absolute Gasteiger partial charge is 0.497 e. The van der Waals surface area contributed by atoms with Crippen molar-refractivity contribution in [3.63, 3.8) is 0 Å². The summed E-state index contributed by atoms with van der Waals surface area (Å²) in [7, 11) is 3.18. The molecule has 0 aliphatic rings. The molecule has 2 aromatic heterocycles. The van der Waals surface area contributed by atoms with E-state index in [-0.39, 0.29) is 23.8 Å². The number of ether oxygens (including phenoxy) is 2. The van der Waals surface area contributed by atoms with Gasteiger partial charge in [-0.25, -0.2) is 9.07 Å². The molecule has 0 atom stereocenters. The lowest BCUT2D eigenvalue weighted by Crippen LogP contribution is -2.34. The van der Waals surface area contributed by atoms with Gasteiger partial charge in [-0.1, -0.05) is 18.2 Å². The number of fused-ring (bicyclic) bond motifs is 1. The summed E-state index contributed by atoms with van der Waals surface area (Å²) in [6.07, 6.45) is 2.12. The molecule has 1 N–H and O–H groups in total. The highest BCUT2D eigenvalue weighted by Crippen LogP contribution is 2.25. The van der Waals surface area contributed by atoms with Crippen molar-refractivity contribution < 1.29 is 18.7 Å². The van der Waals surface area contributed by atoms with Gasteiger partial charge in [-0.15, -0.1) is 0 Å². The SMILES string of the molecule is COc1ccc(OC)c(CCNC(=O)Cn2ncc3c(C)n(Cc4ccccc4F)c(C)c3c2=O)c1. The number of carbonyl (C=O) groups excluding carboxylic acids is 1. The van der Waals surface area contributed by atoms with Gasteiger partial charge in [0, 0.05) is 28.9 Å². The van der Waals surface area contributed by atoms with E-state index in [1.54, 1.807) is 38.6 Å². The minimum atomic E-state index is -0.356. The van der Waals surface area contributed by atoms with Gasteiger partial charge in [0.25, 0.3) is 5.56 Å². The van der Waals surface area contributed by atoms with Crippen molar-refractivity contribution in [2.75, 3.05) is 20.8 Å². The van der Waals surface area contributed by atoms with Crippen molar-refractivity contribution in [2.24, 2.45) is 0 Å². The molecule has 0 aliphatic heterocycles. The fraction of sp³-hybridized carbons (Fsp3) is 0.296. The summed E-state index contributed by atoms with van der Waals surface area (Å²) in [5, 5.41) is 8.22. The lowest BCUT2D eigenvalue weighted by atomic mass is 10.1. The third-order valence-corrected chi connectivity index (χ3v) is 6.39. The Balaban J connectivity index is 1.49. The maximum Gasteiger partial charge on any atom is 0.276 e. The summed E-state index contributed by atoms with van der Waals surface area (Å²) in [5.41, 5.74) is 2.60. The quantitative estimate of drug-likeness (QED) is 0.387. The average molecular weight is 493 g/mol. The van der Waals surface area contributed by atoms with E-state index in [2.05, 4.69) is 10.4 Å². The van der Waals surface area contributed by atoms with Crippen LogP contribution in [-0.2, 0) is 24.3 Å². The Morgan fingerprint density at radius 1 is 1.06 bits per heavy atom. The van der Waals surface area contributed by atoms with Crippen LogP contribution in [0.5, 0.6) is 11.5 Å².